The number of ether oxygens (including phenoxy) is 1. The lowest BCUT2D eigenvalue weighted by Crippen LogP contribution is -2.35. The zero-order valence-corrected chi connectivity index (χ0v) is 11.2. The van der Waals surface area contributed by atoms with E-state index in [0.29, 0.717) is 6.61 Å². The molecule has 1 aliphatic rings. The van der Waals surface area contributed by atoms with Crippen LogP contribution in [0.5, 0.6) is 0 Å². The van der Waals surface area contributed by atoms with Gasteiger partial charge in [-0.15, -0.1) is 0 Å². The molecule has 2 rings (SSSR count). The summed E-state index contributed by atoms with van der Waals surface area (Å²) in [6, 6.07) is 10.2. The van der Waals surface area contributed by atoms with Crippen LogP contribution in [0.25, 0.3) is 0 Å². The molecule has 3 unspecified atom stereocenters. The Morgan fingerprint density at radius 2 is 2.00 bits per heavy atom. The first-order valence-electron chi connectivity index (χ1n) is 7.13. The van der Waals surface area contributed by atoms with Gasteiger partial charge in [0.2, 0.25) is 0 Å². The molecule has 1 N–H and O–H groups in total. The molecule has 2 nitrogen and oxygen atoms in total. The minimum absolute atomic E-state index is 0.0236. The molecule has 0 heterocycles. The van der Waals surface area contributed by atoms with Crippen LogP contribution in [-0.4, -0.2) is 17.3 Å². The maximum atomic E-state index is 10.0. The van der Waals surface area contributed by atoms with Crippen molar-refractivity contribution in [2.75, 3.05) is 0 Å². The van der Waals surface area contributed by atoms with Crippen molar-refractivity contribution in [3.8, 4) is 0 Å². The second-order valence-electron chi connectivity index (χ2n) is 5.37. The van der Waals surface area contributed by atoms with E-state index in [9.17, 15) is 5.11 Å². The average Bonchev–Trinajstić information content (AvgIpc) is 2.41. The van der Waals surface area contributed by atoms with Crippen LogP contribution >= 0.6 is 0 Å². The Labute approximate surface area is 110 Å². The molecule has 0 radical (unpaired) electrons. The van der Waals surface area contributed by atoms with E-state index in [2.05, 4.69) is 19.1 Å². The minimum atomic E-state index is -0.276. The van der Waals surface area contributed by atoms with E-state index in [1.54, 1.807) is 0 Å². The monoisotopic (exact) mass is 248 g/mol. The van der Waals surface area contributed by atoms with Crippen molar-refractivity contribution in [2.24, 2.45) is 5.92 Å². The lowest BCUT2D eigenvalue weighted by atomic mass is 9.83. The largest absolute Gasteiger partial charge is 0.390 e. The van der Waals surface area contributed by atoms with Crippen molar-refractivity contribution >= 4 is 0 Å². The van der Waals surface area contributed by atoms with Gasteiger partial charge in [-0.25, -0.2) is 0 Å². The van der Waals surface area contributed by atoms with Gasteiger partial charge < -0.3 is 9.84 Å². The SMILES string of the molecule is CCCC1CCC(O)C(OCc2ccccc2)C1. The van der Waals surface area contributed by atoms with Gasteiger partial charge in [0.1, 0.15) is 0 Å². The predicted octanol–water partition coefficient (Wildman–Crippen LogP) is 3.53. The minimum Gasteiger partial charge on any atom is -0.390 e. The molecule has 0 spiro atoms. The van der Waals surface area contributed by atoms with Crippen LogP contribution in [-0.2, 0) is 11.3 Å². The smallest absolute Gasteiger partial charge is 0.0841 e. The molecular formula is C16H24O2. The summed E-state index contributed by atoms with van der Waals surface area (Å²) in [6.45, 7) is 2.84. The highest BCUT2D eigenvalue weighted by atomic mass is 16.5. The van der Waals surface area contributed by atoms with Crippen LogP contribution in [0.3, 0.4) is 0 Å². The Balaban J connectivity index is 1.83. The van der Waals surface area contributed by atoms with E-state index in [1.807, 2.05) is 18.2 Å². The van der Waals surface area contributed by atoms with E-state index < -0.39 is 0 Å². The highest BCUT2D eigenvalue weighted by molar-refractivity contribution is 5.13. The van der Waals surface area contributed by atoms with Crippen LogP contribution in [0.2, 0.25) is 0 Å². The van der Waals surface area contributed by atoms with Gasteiger partial charge >= 0.3 is 0 Å². The highest BCUT2D eigenvalue weighted by Crippen LogP contribution is 2.30. The molecule has 0 aliphatic heterocycles. The Hall–Kier alpha value is -0.860. The maximum absolute atomic E-state index is 10.0. The standard InChI is InChI=1S/C16H24O2/c1-2-6-13-9-10-15(17)16(11-13)18-12-14-7-4-3-5-8-14/h3-5,7-8,13,15-17H,2,6,9-12H2,1H3. The molecule has 0 amide bonds. The van der Waals surface area contributed by atoms with Crippen LogP contribution in [0.15, 0.2) is 30.3 Å². The fraction of sp³-hybridized carbons (Fsp3) is 0.625. The average molecular weight is 248 g/mol. The summed E-state index contributed by atoms with van der Waals surface area (Å²) in [5.41, 5.74) is 1.18. The number of aliphatic hydroxyl groups excluding tert-OH is 1. The molecular weight excluding hydrogens is 224 g/mol. The van der Waals surface area contributed by atoms with Crippen molar-refractivity contribution in [3.63, 3.8) is 0 Å². The molecule has 0 saturated heterocycles. The highest BCUT2D eigenvalue weighted by Gasteiger charge is 2.29. The normalized spacial score (nSPS) is 28.2. The third kappa shape index (κ3) is 3.82. The zero-order chi connectivity index (χ0) is 12.8. The van der Waals surface area contributed by atoms with E-state index >= 15 is 0 Å². The van der Waals surface area contributed by atoms with Gasteiger partial charge in [0.05, 0.1) is 18.8 Å². The molecule has 0 bridgehead atoms. The number of benzene rings is 1. The molecule has 3 atom stereocenters. The molecule has 1 saturated carbocycles. The fourth-order valence-electron chi connectivity index (χ4n) is 2.82. The molecule has 1 fully saturated rings. The van der Waals surface area contributed by atoms with Gasteiger partial charge in [0, 0.05) is 0 Å². The second kappa shape index (κ2) is 6.91. The molecule has 0 aromatic heterocycles. The van der Waals surface area contributed by atoms with Gasteiger partial charge in [0.25, 0.3) is 0 Å². The Bertz CT molecular complexity index is 336. The maximum Gasteiger partial charge on any atom is 0.0841 e. The summed E-state index contributed by atoms with van der Waals surface area (Å²) in [4.78, 5) is 0. The number of rotatable bonds is 5. The van der Waals surface area contributed by atoms with E-state index in [4.69, 9.17) is 4.74 Å². The van der Waals surface area contributed by atoms with Crippen LogP contribution < -0.4 is 0 Å². The Kier molecular flexibility index (Phi) is 5.21. The van der Waals surface area contributed by atoms with Gasteiger partial charge in [-0.3, -0.25) is 0 Å². The molecule has 1 aromatic carbocycles. The lowest BCUT2D eigenvalue weighted by Gasteiger charge is -2.33. The van der Waals surface area contributed by atoms with Gasteiger partial charge in [-0.2, -0.15) is 0 Å². The van der Waals surface area contributed by atoms with Crippen molar-refractivity contribution in [2.45, 2.75) is 57.8 Å². The Morgan fingerprint density at radius 3 is 2.72 bits per heavy atom. The first-order chi connectivity index (χ1) is 8.79. The summed E-state index contributed by atoms with van der Waals surface area (Å²) in [5, 5.41) is 10.0. The van der Waals surface area contributed by atoms with E-state index in [1.165, 1.54) is 18.4 Å². The van der Waals surface area contributed by atoms with Crippen molar-refractivity contribution in [3.05, 3.63) is 35.9 Å². The number of hydrogen-bond donors (Lipinski definition) is 1. The third-order valence-corrected chi connectivity index (χ3v) is 3.87. The number of aliphatic hydroxyl groups is 1. The van der Waals surface area contributed by atoms with Crippen LogP contribution in [0, 0.1) is 5.92 Å². The summed E-state index contributed by atoms with van der Waals surface area (Å²) >= 11 is 0. The molecule has 2 heteroatoms. The van der Waals surface area contributed by atoms with Gasteiger partial charge in [-0.05, 0) is 30.7 Å². The molecule has 1 aromatic rings. The summed E-state index contributed by atoms with van der Waals surface area (Å²) in [7, 11) is 0. The van der Waals surface area contributed by atoms with Gasteiger partial charge in [0.15, 0.2) is 0 Å². The van der Waals surface area contributed by atoms with Crippen molar-refractivity contribution in [1.29, 1.82) is 0 Å². The summed E-state index contributed by atoms with van der Waals surface area (Å²) in [6.07, 6.45) is 5.30. The first-order valence-corrected chi connectivity index (χ1v) is 7.13. The number of hydrogen-bond acceptors (Lipinski definition) is 2. The summed E-state index contributed by atoms with van der Waals surface area (Å²) in [5.74, 6) is 0.735. The van der Waals surface area contributed by atoms with Crippen LogP contribution in [0.1, 0.15) is 44.6 Å². The zero-order valence-electron chi connectivity index (χ0n) is 11.2. The fourth-order valence-corrected chi connectivity index (χ4v) is 2.82. The quantitative estimate of drug-likeness (QED) is 0.863. The van der Waals surface area contributed by atoms with Gasteiger partial charge in [-0.1, -0.05) is 50.1 Å². The Morgan fingerprint density at radius 1 is 1.22 bits per heavy atom. The first kappa shape index (κ1) is 13.6. The topological polar surface area (TPSA) is 29.5 Å². The predicted molar refractivity (Wildman–Crippen MR) is 73.3 cm³/mol. The molecule has 100 valence electrons. The van der Waals surface area contributed by atoms with Crippen molar-refractivity contribution in [1.82, 2.24) is 0 Å². The van der Waals surface area contributed by atoms with E-state index in [-0.39, 0.29) is 12.2 Å². The van der Waals surface area contributed by atoms with Crippen LogP contribution in [0.4, 0.5) is 0 Å². The molecule has 18 heavy (non-hydrogen) atoms. The van der Waals surface area contributed by atoms with E-state index in [0.717, 1.165) is 25.2 Å². The third-order valence-electron chi connectivity index (χ3n) is 3.87. The van der Waals surface area contributed by atoms with Crippen molar-refractivity contribution < 1.29 is 9.84 Å². The molecule has 1 aliphatic carbocycles. The summed E-state index contributed by atoms with van der Waals surface area (Å²) < 4.78 is 5.91. The second-order valence-corrected chi connectivity index (χ2v) is 5.37. The lowest BCUT2D eigenvalue weighted by molar-refractivity contribution is -0.0792.